The van der Waals surface area contributed by atoms with E-state index in [9.17, 15) is 0 Å². The summed E-state index contributed by atoms with van der Waals surface area (Å²) >= 11 is 0. The normalized spacial score (nSPS) is 18.2. The second-order valence-corrected chi connectivity index (χ2v) is 8.28. The van der Waals surface area contributed by atoms with Crippen LogP contribution in [0, 0.1) is 0 Å². The van der Waals surface area contributed by atoms with Crippen molar-refractivity contribution < 1.29 is 4.74 Å². The summed E-state index contributed by atoms with van der Waals surface area (Å²) in [6.07, 6.45) is 8.27. The van der Waals surface area contributed by atoms with Crippen LogP contribution in [-0.4, -0.2) is 36.2 Å². The number of nitrogens with two attached hydrogens (primary N) is 2. The van der Waals surface area contributed by atoms with Crippen molar-refractivity contribution in [1.82, 2.24) is 15.3 Å². The summed E-state index contributed by atoms with van der Waals surface area (Å²) in [5.41, 5.74) is 14.7. The summed E-state index contributed by atoms with van der Waals surface area (Å²) in [5.74, 6) is 2.61. The minimum atomic E-state index is 0.274. The first-order valence-corrected chi connectivity index (χ1v) is 11.0. The molecule has 1 aliphatic heterocycles. The highest BCUT2D eigenvalue weighted by Gasteiger charge is 2.19. The van der Waals surface area contributed by atoms with E-state index in [1.54, 1.807) is 7.11 Å². The van der Waals surface area contributed by atoms with Crippen molar-refractivity contribution in [1.29, 1.82) is 0 Å². The van der Waals surface area contributed by atoms with E-state index in [1.807, 2.05) is 6.07 Å². The number of anilines is 5. The highest BCUT2D eigenvalue weighted by Crippen LogP contribution is 2.34. The largest absolute Gasteiger partial charge is 0.495 e. The van der Waals surface area contributed by atoms with Crippen LogP contribution in [0.1, 0.15) is 56.4 Å². The molecule has 4 rings (SSSR count). The van der Waals surface area contributed by atoms with E-state index in [2.05, 4.69) is 38.1 Å². The number of ether oxygens (including phenoxy) is 1. The molecular weight excluding hydrogens is 378 g/mol. The number of aromatic nitrogens is 2. The van der Waals surface area contributed by atoms with Gasteiger partial charge in [0.05, 0.1) is 12.8 Å². The highest BCUT2D eigenvalue weighted by molar-refractivity contribution is 5.76. The Morgan fingerprint density at radius 3 is 2.53 bits per heavy atom. The Kier molecular flexibility index (Phi) is 6.42. The number of nitrogens with zero attached hydrogens (tertiary/aromatic N) is 2. The minimum Gasteiger partial charge on any atom is -0.495 e. The molecule has 0 unspecified atom stereocenters. The zero-order chi connectivity index (χ0) is 20.9. The second kappa shape index (κ2) is 9.38. The number of nitrogen functional groups attached to an aromatic ring is 2. The average molecular weight is 412 g/mol. The van der Waals surface area contributed by atoms with Crippen LogP contribution in [0.3, 0.4) is 0 Å². The summed E-state index contributed by atoms with van der Waals surface area (Å²) in [6.45, 7) is 2.12. The van der Waals surface area contributed by atoms with Crippen LogP contribution in [0.2, 0.25) is 0 Å². The molecule has 162 valence electrons. The predicted molar refractivity (Wildman–Crippen MR) is 122 cm³/mol. The van der Waals surface area contributed by atoms with Crippen molar-refractivity contribution >= 4 is 29.0 Å². The SMILES string of the molecule is COc1cc(C2CCNCC2)ccc1Nc1nc(N)c(N)c(NC2CCCCC2)n1. The molecule has 2 heterocycles. The van der Waals surface area contributed by atoms with Gasteiger partial charge in [-0.3, -0.25) is 0 Å². The maximum Gasteiger partial charge on any atom is 0.231 e. The van der Waals surface area contributed by atoms with E-state index in [0.717, 1.165) is 50.2 Å². The maximum absolute atomic E-state index is 6.15. The lowest BCUT2D eigenvalue weighted by molar-refractivity contribution is 0.413. The van der Waals surface area contributed by atoms with Crippen LogP contribution >= 0.6 is 0 Å². The average Bonchev–Trinajstić information content (AvgIpc) is 2.78. The Morgan fingerprint density at radius 2 is 1.80 bits per heavy atom. The molecule has 1 saturated heterocycles. The molecule has 2 aromatic rings. The second-order valence-electron chi connectivity index (χ2n) is 8.28. The van der Waals surface area contributed by atoms with E-state index in [-0.39, 0.29) is 5.82 Å². The molecule has 0 bridgehead atoms. The van der Waals surface area contributed by atoms with Gasteiger partial charge in [-0.25, -0.2) is 0 Å². The summed E-state index contributed by atoms with van der Waals surface area (Å²) in [5, 5.41) is 10.1. The van der Waals surface area contributed by atoms with Gasteiger partial charge in [-0.1, -0.05) is 25.3 Å². The Hall–Kier alpha value is -2.74. The fourth-order valence-electron chi connectivity index (χ4n) is 4.43. The smallest absolute Gasteiger partial charge is 0.231 e. The van der Waals surface area contributed by atoms with Crippen LogP contribution < -0.4 is 32.2 Å². The predicted octanol–water partition coefficient (Wildman–Crippen LogP) is 3.60. The molecule has 7 N–H and O–H groups in total. The summed E-state index contributed by atoms with van der Waals surface area (Å²) in [6, 6.07) is 6.67. The van der Waals surface area contributed by atoms with E-state index in [0.29, 0.717) is 29.4 Å². The molecule has 2 aliphatic rings. The molecule has 1 aliphatic carbocycles. The topological polar surface area (TPSA) is 123 Å². The number of nitrogens with one attached hydrogen (secondary N) is 3. The first-order chi connectivity index (χ1) is 14.6. The van der Waals surface area contributed by atoms with Crippen LogP contribution in [0.15, 0.2) is 18.2 Å². The van der Waals surface area contributed by atoms with Gasteiger partial charge in [0.1, 0.15) is 11.4 Å². The van der Waals surface area contributed by atoms with Crippen LogP contribution in [0.25, 0.3) is 0 Å². The van der Waals surface area contributed by atoms with Gasteiger partial charge in [0, 0.05) is 6.04 Å². The number of hydrogen-bond donors (Lipinski definition) is 5. The summed E-state index contributed by atoms with van der Waals surface area (Å²) in [4.78, 5) is 8.94. The molecule has 8 nitrogen and oxygen atoms in total. The van der Waals surface area contributed by atoms with Crippen LogP contribution in [0.5, 0.6) is 5.75 Å². The number of piperidine rings is 1. The lowest BCUT2D eigenvalue weighted by atomic mass is 9.90. The Labute approximate surface area is 178 Å². The Morgan fingerprint density at radius 1 is 1.03 bits per heavy atom. The number of rotatable bonds is 6. The van der Waals surface area contributed by atoms with Crippen LogP contribution in [0.4, 0.5) is 29.0 Å². The van der Waals surface area contributed by atoms with E-state index in [1.165, 1.54) is 24.8 Å². The van der Waals surface area contributed by atoms with Gasteiger partial charge in [-0.05, 0) is 62.4 Å². The Balaban J connectivity index is 1.54. The van der Waals surface area contributed by atoms with Crippen molar-refractivity contribution in [2.45, 2.75) is 56.9 Å². The van der Waals surface area contributed by atoms with Crippen molar-refractivity contribution in [3.8, 4) is 5.75 Å². The molecule has 0 radical (unpaired) electrons. The number of hydrogen-bond acceptors (Lipinski definition) is 8. The fraction of sp³-hybridized carbons (Fsp3) is 0.545. The molecule has 0 amide bonds. The van der Waals surface area contributed by atoms with E-state index in [4.69, 9.17) is 16.2 Å². The summed E-state index contributed by atoms with van der Waals surface area (Å²) in [7, 11) is 1.68. The van der Waals surface area contributed by atoms with Crippen molar-refractivity contribution in [3.05, 3.63) is 23.8 Å². The molecule has 30 heavy (non-hydrogen) atoms. The lowest BCUT2D eigenvalue weighted by Crippen LogP contribution is -2.26. The summed E-state index contributed by atoms with van der Waals surface area (Å²) < 4.78 is 5.65. The minimum absolute atomic E-state index is 0.274. The molecule has 1 aromatic carbocycles. The van der Waals surface area contributed by atoms with Gasteiger partial charge in [-0.2, -0.15) is 9.97 Å². The van der Waals surface area contributed by atoms with Gasteiger partial charge in [-0.15, -0.1) is 0 Å². The van der Waals surface area contributed by atoms with Gasteiger partial charge in [0.25, 0.3) is 0 Å². The third-order valence-corrected chi connectivity index (χ3v) is 6.20. The van der Waals surface area contributed by atoms with Gasteiger partial charge < -0.3 is 32.2 Å². The molecule has 2 fully saturated rings. The van der Waals surface area contributed by atoms with E-state index < -0.39 is 0 Å². The van der Waals surface area contributed by atoms with Crippen molar-refractivity contribution in [3.63, 3.8) is 0 Å². The monoisotopic (exact) mass is 411 g/mol. The zero-order valence-electron chi connectivity index (χ0n) is 17.7. The Bertz CT molecular complexity index is 861. The molecule has 0 spiro atoms. The molecule has 1 aromatic heterocycles. The van der Waals surface area contributed by atoms with E-state index >= 15 is 0 Å². The first-order valence-electron chi connectivity index (χ1n) is 11.0. The molecular formula is C22H33N7O. The zero-order valence-corrected chi connectivity index (χ0v) is 17.7. The van der Waals surface area contributed by atoms with Crippen molar-refractivity contribution in [2.75, 3.05) is 42.3 Å². The van der Waals surface area contributed by atoms with Gasteiger partial charge in [0.2, 0.25) is 5.95 Å². The van der Waals surface area contributed by atoms with Crippen LogP contribution in [-0.2, 0) is 0 Å². The first kappa shape index (κ1) is 20.5. The quantitative estimate of drug-likeness (QED) is 0.488. The maximum atomic E-state index is 6.15. The standard InChI is InChI=1S/C22H33N7O/c1-30-18-13-15(14-9-11-25-12-10-14)7-8-17(18)27-22-28-20(24)19(23)21(29-22)26-16-5-3-2-4-6-16/h7-8,13-14,16,25H,2-6,9-12,23H2,1H3,(H4,24,26,27,28,29). The third-order valence-electron chi connectivity index (χ3n) is 6.20. The fourth-order valence-corrected chi connectivity index (χ4v) is 4.43. The molecule has 1 saturated carbocycles. The molecule has 0 atom stereocenters. The van der Waals surface area contributed by atoms with Gasteiger partial charge >= 0.3 is 0 Å². The highest BCUT2D eigenvalue weighted by atomic mass is 16.5. The third kappa shape index (κ3) is 4.70. The lowest BCUT2D eigenvalue weighted by Gasteiger charge is -2.25. The number of methoxy groups -OCH3 is 1. The number of benzene rings is 1. The van der Waals surface area contributed by atoms with Crippen molar-refractivity contribution in [2.24, 2.45) is 0 Å². The van der Waals surface area contributed by atoms with Gasteiger partial charge in [0.15, 0.2) is 11.6 Å². The molecule has 8 heteroatoms.